The van der Waals surface area contributed by atoms with Gasteiger partial charge in [0.25, 0.3) is 0 Å². The normalized spacial score (nSPS) is 23.1. The average molecular weight is 416 g/mol. The molecule has 3 heterocycles. The molecule has 0 atom stereocenters. The number of anilines is 1. The topological polar surface area (TPSA) is 86.0 Å². The van der Waals surface area contributed by atoms with Gasteiger partial charge in [-0.3, -0.25) is 4.98 Å². The minimum Gasteiger partial charge on any atom is -0.381 e. The Hall–Kier alpha value is -1.76. The van der Waals surface area contributed by atoms with Gasteiger partial charge in [-0.05, 0) is 68.9 Å². The third kappa shape index (κ3) is 5.65. The van der Waals surface area contributed by atoms with Crippen LogP contribution in [0, 0.1) is 11.8 Å². The quantitative estimate of drug-likeness (QED) is 0.738. The summed E-state index contributed by atoms with van der Waals surface area (Å²) < 4.78 is 5.43. The van der Waals surface area contributed by atoms with Crippen molar-refractivity contribution in [2.45, 2.75) is 51.0 Å². The minimum absolute atomic E-state index is 0.371. The summed E-state index contributed by atoms with van der Waals surface area (Å²) in [6.45, 7) is 2.57. The fourth-order valence-electron chi connectivity index (χ4n) is 4.27. The molecule has 1 aliphatic heterocycles. The van der Waals surface area contributed by atoms with Gasteiger partial charge in [0, 0.05) is 43.3 Å². The zero-order chi connectivity index (χ0) is 20.1. The number of hydrogen-bond acceptors (Lipinski definition) is 6. The van der Waals surface area contributed by atoms with Crippen LogP contribution in [0.15, 0.2) is 24.5 Å². The summed E-state index contributed by atoms with van der Waals surface area (Å²) in [4.78, 5) is 13.7. The molecule has 156 valence electrons. The molecule has 2 aromatic heterocycles. The van der Waals surface area contributed by atoms with E-state index in [1.54, 1.807) is 6.20 Å². The lowest BCUT2D eigenvalue weighted by molar-refractivity contribution is 0.0699. The van der Waals surface area contributed by atoms with Gasteiger partial charge in [0.1, 0.15) is 11.5 Å². The van der Waals surface area contributed by atoms with E-state index >= 15 is 0 Å². The minimum atomic E-state index is 0.371. The Morgan fingerprint density at radius 3 is 2.66 bits per heavy atom. The van der Waals surface area contributed by atoms with Crippen molar-refractivity contribution in [3.8, 4) is 11.3 Å². The first-order chi connectivity index (χ1) is 14.2. The molecule has 0 radical (unpaired) electrons. The number of nitrogens with zero attached hydrogens (tertiary/aromatic N) is 3. The van der Waals surface area contributed by atoms with Crippen molar-refractivity contribution in [2.24, 2.45) is 17.6 Å². The monoisotopic (exact) mass is 415 g/mol. The van der Waals surface area contributed by atoms with Gasteiger partial charge < -0.3 is 15.8 Å². The maximum Gasteiger partial charge on any atom is 0.155 e. The summed E-state index contributed by atoms with van der Waals surface area (Å²) in [6, 6.07) is 4.43. The largest absolute Gasteiger partial charge is 0.381 e. The number of halogens is 1. The molecule has 0 amide bonds. The molecule has 0 spiro atoms. The van der Waals surface area contributed by atoms with Crippen molar-refractivity contribution in [2.75, 3.05) is 25.1 Å². The molecule has 29 heavy (non-hydrogen) atoms. The van der Waals surface area contributed by atoms with E-state index in [0.717, 1.165) is 68.9 Å². The Labute approximate surface area is 177 Å². The van der Waals surface area contributed by atoms with Crippen LogP contribution < -0.4 is 11.1 Å². The van der Waals surface area contributed by atoms with Crippen molar-refractivity contribution in [1.29, 1.82) is 0 Å². The van der Waals surface area contributed by atoms with Crippen molar-refractivity contribution < 1.29 is 4.74 Å². The van der Waals surface area contributed by atoms with Gasteiger partial charge >= 0.3 is 0 Å². The smallest absolute Gasteiger partial charge is 0.155 e. The molecule has 2 fully saturated rings. The number of nitrogens with one attached hydrogen (secondary N) is 1. The van der Waals surface area contributed by atoms with E-state index in [0.29, 0.717) is 28.7 Å². The van der Waals surface area contributed by atoms with Gasteiger partial charge in [-0.1, -0.05) is 11.6 Å². The van der Waals surface area contributed by atoms with Crippen molar-refractivity contribution in [3.63, 3.8) is 0 Å². The first kappa shape index (κ1) is 20.5. The third-order valence-electron chi connectivity index (χ3n) is 6.12. The van der Waals surface area contributed by atoms with E-state index in [1.807, 2.05) is 12.3 Å². The summed E-state index contributed by atoms with van der Waals surface area (Å²) in [7, 11) is 0. The van der Waals surface area contributed by atoms with Gasteiger partial charge in [-0.25, -0.2) is 9.97 Å². The Morgan fingerprint density at radius 2 is 1.86 bits per heavy atom. The third-order valence-corrected chi connectivity index (χ3v) is 6.40. The molecule has 0 bridgehead atoms. The van der Waals surface area contributed by atoms with Crippen molar-refractivity contribution in [1.82, 2.24) is 15.0 Å². The average Bonchev–Trinajstić information content (AvgIpc) is 2.76. The zero-order valence-corrected chi connectivity index (χ0v) is 17.6. The van der Waals surface area contributed by atoms with Crippen LogP contribution in [0.3, 0.4) is 0 Å². The summed E-state index contributed by atoms with van der Waals surface area (Å²) in [5.41, 5.74) is 8.79. The van der Waals surface area contributed by atoms with E-state index in [-0.39, 0.29) is 0 Å². The molecule has 4 rings (SSSR count). The maximum atomic E-state index is 6.39. The molecule has 6 nitrogen and oxygen atoms in total. The van der Waals surface area contributed by atoms with Gasteiger partial charge in [0.05, 0.1) is 6.20 Å². The lowest BCUT2D eigenvalue weighted by Gasteiger charge is -2.25. The van der Waals surface area contributed by atoms with Crippen molar-refractivity contribution in [3.05, 3.63) is 35.4 Å². The number of aromatic nitrogens is 3. The summed E-state index contributed by atoms with van der Waals surface area (Å²) in [6.07, 6.45) is 11.3. The summed E-state index contributed by atoms with van der Waals surface area (Å²) in [5, 5.41) is 3.84. The number of ether oxygens (including phenoxy) is 1. The highest BCUT2D eigenvalue weighted by molar-refractivity contribution is 6.31. The molecular formula is C22H30ClN5O. The molecule has 7 heteroatoms. The van der Waals surface area contributed by atoms with E-state index in [4.69, 9.17) is 27.1 Å². The van der Waals surface area contributed by atoms with Crippen LogP contribution in [-0.2, 0) is 11.2 Å². The highest BCUT2D eigenvalue weighted by atomic mass is 35.5. The number of nitrogens with two attached hydrogens (primary N) is 1. The molecule has 1 saturated heterocycles. The summed E-state index contributed by atoms with van der Waals surface area (Å²) >= 11 is 6.39. The predicted octanol–water partition coefficient (Wildman–Crippen LogP) is 4.09. The number of pyridine rings is 1. The Balaban J connectivity index is 1.44. The molecular weight excluding hydrogens is 386 g/mol. The lowest BCUT2D eigenvalue weighted by Crippen LogP contribution is -2.27. The van der Waals surface area contributed by atoms with E-state index in [1.165, 1.54) is 12.8 Å². The second kappa shape index (κ2) is 9.83. The van der Waals surface area contributed by atoms with E-state index in [9.17, 15) is 0 Å². The molecule has 1 aliphatic carbocycles. The van der Waals surface area contributed by atoms with Crippen LogP contribution in [0.1, 0.15) is 44.2 Å². The number of hydrogen-bond donors (Lipinski definition) is 2. The molecule has 1 saturated carbocycles. The van der Waals surface area contributed by atoms with E-state index < -0.39 is 0 Å². The molecule has 2 aromatic rings. The highest BCUT2D eigenvalue weighted by Gasteiger charge is 2.20. The molecule has 2 aliphatic rings. The molecule has 0 aromatic carbocycles. The fraction of sp³-hybridized carbons (Fsp3) is 0.591. The second-order valence-corrected chi connectivity index (χ2v) is 8.71. The second-order valence-electron chi connectivity index (χ2n) is 8.35. The van der Waals surface area contributed by atoms with Gasteiger partial charge in [-0.2, -0.15) is 0 Å². The van der Waals surface area contributed by atoms with Gasteiger partial charge in [0.2, 0.25) is 0 Å². The van der Waals surface area contributed by atoms with Gasteiger partial charge in [0.15, 0.2) is 5.15 Å². The first-order valence-electron chi connectivity index (χ1n) is 10.7. The Bertz CT molecular complexity index is 804. The maximum absolute atomic E-state index is 6.39. The van der Waals surface area contributed by atoms with Crippen LogP contribution in [0.5, 0.6) is 0 Å². The predicted molar refractivity (Wildman–Crippen MR) is 116 cm³/mol. The van der Waals surface area contributed by atoms with Crippen molar-refractivity contribution >= 4 is 17.4 Å². The zero-order valence-electron chi connectivity index (χ0n) is 16.8. The molecule has 0 unspecified atom stereocenters. The highest BCUT2D eigenvalue weighted by Crippen LogP contribution is 2.29. The van der Waals surface area contributed by atoms with Crippen LogP contribution in [0.4, 0.5) is 5.82 Å². The Kier molecular flexibility index (Phi) is 6.95. The standard InChI is InChI=1S/C22H30ClN5O/c23-22-21(28-20(14-27-22)26-13-16-6-9-29-10-7-16)17-5-8-25-19(12-17)11-15-1-3-18(24)4-2-15/h5,8,12,14-16,18H,1-4,6-7,9-11,13,24H2,(H,26,28). The Morgan fingerprint density at radius 1 is 1.07 bits per heavy atom. The van der Waals surface area contributed by atoms with Crippen LogP contribution in [0.2, 0.25) is 5.15 Å². The van der Waals surface area contributed by atoms with Crippen LogP contribution in [-0.4, -0.2) is 40.8 Å². The van der Waals surface area contributed by atoms with Gasteiger partial charge in [-0.15, -0.1) is 0 Å². The van der Waals surface area contributed by atoms with Crippen LogP contribution >= 0.6 is 11.6 Å². The number of rotatable bonds is 6. The molecule has 3 N–H and O–H groups in total. The first-order valence-corrected chi connectivity index (χ1v) is 11.1. The SMILES string of the molecule is NC1CCC(Cc2cc(-c3nc(NCC4CCOCC4)cnc3Cl)ccn2)CC1. The fourth-order valence-corrected chi connectivity index (χ4v) is 4.47. The lowest BCUT2D eigenvalue weighted by atomic mass is 9.83. The van der Waals surface area contributed by atoms with E-state index in [2.05, 4.69) is 21.4 Å². The van der Waals surface area contributed by atoms with Crippen LogP contribution in [0.25, 0.3) is 11.3 Å². The summed E-state index contributed by atoms with van der Waals surface area (Å²) in [5.74, 6) is 2.03.